The number of fused-ring (bicyclic) bond motifs is 1. The lowest BCUT2D eigenvalue weighted by Gasteiger charge is -2.14. The van der Waals surface area contributed by atoms with E-state index in [0.717, 1.165) is 11.1 Å². The summed E-state index contributed by atoms with van der Waals surface area (Å²) in [7, 11) is -2.17. The molecule has 4 rings (SSSR count). The second kappa shape index (κ2) is 8.97. The van der Waals surface area contributed by atoms with Crippen LogP contribution in [0.3, 0.4) is 0 Å². The Bertz CT molecular complexity index is 1300. The summed E-state index contributed by atoms with van der Waals surface area (Å²) in [6.45, 7) is 0.353. The number of amides is 3. The number of rotatable bonds is 7. The van der Waals surface area contributed by atoms with Gasteiger partial charge in [-0.25, -0.2) is 13.1 Å². The number of benzene rings is 3. The van der Waals surface area contributed by atoms with Gasteiger partial charge in [0.05, 0.1) is 22.6 Å². The largest absolute Gasteiger partial charge is 0.348 e. The van der Waals surface area contributed by atoms with Gasteiger partial charge in [-0.15, -0.1) is 0 Å². The van der Waals surface area contributed by atoms with Gasteiger partial charge in [0.1, 0.15) is 0 Å². The van der Waals surface area contributed by atoms with Crippen molar-refractivity contribution in [3.8, 4) is 0 Å². The fourth-order valence-electron chi connectivity index (χ4n) is 3.52. The number of imide groups is 1. The van der Waals surface area contributed by atoms with Crippen molar-refractivity contribution >= 4 is 27.7 Å². The molecule has 3 aromatic carbocycles. The number of carbonyl (C=O) groups is 3. The average molecular weight is 464 g/mol. The van der Waals surface area contributed by atoms with E-state index < -0.39 is 10.0 Å². The number of nitrogens with zero attached hydrogens (tertiary/aromatic N) is 1. The van der Waals surface area contributed by atoms with E-state index >= 15 is 0 Å². The predicted molar refractivity (Wildman–Crippen MR) is 121 cm³/mol. The number of sulfonamides is 1. The molecule has 1 aliphatic rings. The highest BCUT2D eigenvalue weighted by Gasteiger charge is 2.34. The van der Waals surface area contributed by atoms with Crippen LogP contribution in [0.1, 0.15) is 42.2 Å². The zero-order valence-electron chi connectivity index (χ0n) is 17.7. The van der Waals surface area contributed by atoms with Gasteiger partial charge in [-0.05, 0) is 54.6 Å². The van der Waals surface area contributed by atoms with Crippen molar-refractivity contribution in [2.75, 3.05) is 7.05 Å². The highest BCUT2D eigenvalue weighted by Crippen LogP contribution is 2.24. The second-order valence-corrected chi connectivity index (χ2v) is 9.36. The summed E-state index contributed by atoms with van der Waals surface area (Å²) in [5, 5.41) is 2.78. The Morgan fingerprint density at radius 2 is 1.36 bits per heavy atom. The third kappa shape index (κ3) is 4.55. The summed E-state index contributed by atoms with van der Waals surface area (Å²) in [4.78, 5) is 38.8. The zero-order chi connectivity index (χ0) is 23.6. The zero-order valence-corrected chi connectivity index (χ0v) is 18.6. The molecule has 1 heterocycles. The minimum absolute atomic E-state index is 0.121. The van der Waals surface area contributed by atoms with Gasteiger partial charge >= 0.3 is 0 Å². The van der Waals surface area contributed by atoms with Gasteiger partial charge in [-0.1, -0.05) is 36.4 Å². The summed E-state index contributed by atoms with van der Waals surface area (Å²) in [6, 6.07) is 19.6. The van der Waals surface area contributed by atoms with Gasteiger partial charge in [0.15, 0.2) is 0 Å². The fourth-order valence-corrected chi connectivity index (χ4v) is 4.25. The maximum Gasteiger partial charge on any atom is 0.261 e. The molecule has 33 heavy (non-hydrogen) atoms. The molecule has 0 atom stereocenters. The molecular weight excluding hydrogens is 442 g/mol. The number of carbonyl (C=O) groups excluding carboxylic acids is 3. The molecule has 0 saturated carbocycles. The van der Waals surface area contributed by atoms with Gasteiger partial charge in [-0.2, -0.15) is 0 Å². The highest BCUT2D eigenvalue weighted by molar-refractivity contribution is 7.89. The molecule has 9 heteroatoms. The summed E-state index contributed by atoms with van der Waals surface area (Å²) >= 11 is 0. The van der Waals surface area contributed by atoms with Crippen molar-refractivity contribution in [3.05, 3.63) is 101 Å². The molecule has 168 valence electrons. The van der Waals surface area contributed by atoms with Crippen LogP contribution in [0.5, 0.6) is 0 Å². The maximum absolute atomic E-state index is 12.5. The van der Waals surface area contributed by atoms with Gasteiger partial charge < -0.3 is 5.32 Å². The van der Waals surface area contributed by atoms with Gasteiger partial charge in [0.25, 0.3) is 17.7 Å². The van der Waals surface area contributed by atoms with Crippen molar-refractivity contribution < 1.29 is 22.8 Å². The molecule has 1 aliphatic heterocycles. The van der Waals surface area contributed by atoms with Crippen LogP contribution in [-0.2, 0) is 23.1 Å². The quantitative estimate of drug-likeness (QED) is 0.522. The molecule has 0 aliphatic carbocycles. The van der Waals surface area contributed by atoms with Crippen LogP contribution in [0.4, 0.5) is 0 Å². The van der Waals surface area contributed by atoms with E-state index in [0.29, 0.717) is 16.7 Å². The molecular formula is C24H21N3O5S. The third-order valence-electron chi connectivity index (χ3n) is 5.39. The molecule has 0 radical (unpaired) electrons. The van der Waals surface area contributed by atoms with Crippen LogP contribution in [-0.4, -0.2) is 38.1 Å². The number of hydrogen-bond acceptors (Lipinski definition) is 5. The first-order valence-corrected chi connectivity index (χ1v) is 11.6. The van der Waals surface area contributed by atoms with Crippen LogP contribution in [0.2, 0.25) is 0 Å². The highest BCUT2D eigenvalue weighted by atomic mass is 32.2. The first kappa shape index (κ1) is 22.4. The monoisotopic (exact) mass is 463 g/mol. The van der Waals surface area contributed by atoms with Gasteiger partial charge in [0, 0.05) is 12.1 Å². The molecule has 3 amide bonds. The van der Waals surface area contributed by atoms with E-state index in [4.69, 9.17) is 0 Å². The molecule has 0 bridgehead atoms. The summed E-state index contributed by atoms with van der Waals surface area (Å²) in [6.07, 6.45) is 0. The Labute approximate surface area is 191 Å². The Morgan fingerprint density at radius 1 is 0.818 bits per heavy atom. The van der Waals surface area contributed by atoms with Crippen LogP contribution < -0.4 is 10.0 Å². The predicted octanol–water partition coefficient (Wildman–Crippen LogP) is 2.32. The van der Waals surface area contributed by atoms with Crippen molar-refractivity contribution in [2.24, 2.45) is 0 Å². The first-order chi connectivity index (χ1) is 15.8. The van der Waals surface area contributed by atoms with Crippen LogP contribution in [0, 0.1) is 0 Å². The normalized spacial score (nSPS) is 13.2. The Hall–Kier alpha value is -3.82. The van der Waals surface area contributed by atoms with Crippen LogP contribution in [0.25, 0.3) is 0 Å². The van der Waals surface area contributed by atoms with Crippen molar-refractivity contribution in [3.63, 3.8) is 0 Å². The van der Waals surface area contributed by atoms with E-state index in [1.165, 1.54) is 24.1 Å². The molecule has 0 unspecified atom stereocenters. The molecule has 0 spiro atoms. The maximum atomic E-state index is 12.5. The standard InChI is InChI=1S/C24H21N3O5S/c1-25-33(31,32)19-12-8-16(9-13-19)14-26-22(28)18-10-6-17(7-11-18)15-27-23(29)20-4-2-3-5-21(20)24(27)30/h2-13,25H,14-15H2,1H3,(H,26,28). The smallest absolute Gasteiger partial charge is 0.261 e. The van der Waals surface area contributed by atoms with Gasteiger partial charge in [0.2, 0.25) is 10.0 Å². The third-order valence-corrected chi connectivity index (χ3v) is 6.82. The van der Waals surface area contributed by atoms with Gasteiger partial charge in [-0.3, -0.25) is 19.3 Å². The van der Waals surface area contributed by atoms with E-state index in [9.17, 15) is 22.8 Å². The SMILES string of the molecule is CNS(=O)(=O)c1ccc(CNC(=O)c2ccc(CN3C(=O)c4ccccc4C3=O)cc2)cc1. The molecule has 0 fully saturated rings. The molecule has 3 aromatic rings. The van der Waals surface area contributed by atoms with Crippen LogP contribution in [0.15, 0.2) is 77.7 Å². The molecule has 2 N–H and O–H groups in total. The topological polar surface area (TPSA) is 113 Å². The Morgan fingerprint density at radius 3 is 1.91 bits per heavy atom. The fraction of sp³-hybridized carbons (Fsp3) is 0.125. The van der Waals surface area contributed by atoms with Crippen molar-refractivity contribution in [1.82, 2.24) is 14.9 Å². The number of nitrogens with one attached hydrogen (secondary N) is 2. The first-order valence-electron chi connectivity index (χ1n) is 10.1. The molecule has 8 nitrogen and oxygen atoms in total. The lowest BCUT2D eigenvalue weighted by atomic mass is 10.1. The lowest BCUT2D eigenvalue weighted by Crippen LogP contribution is -2.29. The van der Waals surface area contributed by atoms with E-state index in [-0.39, 0.29) is 35.7 Å². The Kier molecular flexibility index (Phi) is 6.08. The van der Waals surface area contributed by atoms with E-state index in [2.05, 4.69) is 10.0 Å². The minimum atomic E-state index is -3.51. The Balaban J connectivity index is 1.36. The summed E-state index contributed by atoms with van der Waals surface area (Å²) in [5.74, 6) is -0.953. The van der Waals surface area contributed by atoms with Crippen molar-refractivity contribution in [1.29, 1.82) is 0 Å². The summed E-state index contributed by atoms with van der Waals surface area (Å²) in [5.41, 5.74) is 2.70. The second-order valence-electron chi connectivity index (χ2n) is 7.47. The van der Waals surface area contributed by atoms with Crippen molar-refractivity contribution in [2.45, 2.75) is 18.0 Å². The minimum Gasteiger partial charge on any atom is -0.348 e. The van der Waals surface area contributed by atoms with E-state index in [1.807, 2.05) is 0 Å². The number of hydrogen-bond donors (Lipinski definition) is 2. The van der Waals surface area contributed by atoms with E-state index in [1.54, 1.807) is 60.7 Å². The molecule has 0 saturated heterocycles. The van der Waals surface area contributed by atoms with Crippen LogP contribution >= 0.6 is 0 Å². The average Bonchev–Trinajstić information content (AvgIpc) is 3.08. The summed E-state index contributed by atoms with van der Waals surface area (Å²) < 4.78 is 25.8. The molecule has 0 aromatic heterocycles. The lowest BCUT2D eigenvalue weighted by molar-refractivity contribution is 0.0641.